The van der Waals surface area contributed by atoms with E-state index in [0.717, 1.165) is 18.7 Å². The van der Waals surface area contributed by atoms with Crippen LogP contribution in [0.3, 0.4) is 0 Å². The van der Waals surface area contributed by atoms with Crippen LogP contribution >= 0.6 is 11.6 Å². The van der Waals surface area contributed by atoms with Gasteiger partial charge >= 0.3 is 0 Å². The summed E-state index contributed by atoms with van der Waals surface area (Å²) in [5, 5.41) is 22.6. The first-order chi connectivity index (χ1) is 10.1. The number of aromatic nitrogens is 3. The lowest BCUT2D eigenvalue weighted by atomic mass is 10.2. The zero-order chi connectivity index (χ0) is 15.2. The average Bonchev–Trinajstić information content (AvgIpc) is 2.89. The molecule has 0 spiro atoms. The lowest BCUT2D eigenvalue weighted by molar-refractivity contribution is -0.385. The van der Waals surface area contributed by atoms with Gasteiger partial charge in [-0.2, -0.15) is 0 Å². The van der Waals surface area contributed by atoms with Gasteiger partial charge in [0.15, 0.2) is 0 Å². The van der Waals surface area contributed by atoms with Crippen LogP contribution in [0.5, 0.6) is 0 Å². The quantitative estimate of drug-likeness (QED) is 0.482. The molecule has 0 saturated heterocycles. The Morgan fingerprint density at radius 2 is 2.29 bits per heavy atom. The number of nitrogens with one attached hydrogen (secondary N) is 1. The van der Waals surface area contributed by atoms with Gasteiger partial charge in [0.05, 0.1) is 33.9 Å². The maximum absolute atomic E-state index is 11.0. The topological polar surface area (TPSA) is 85.9 Å². The summed E-state index contributed by atoms with van der Waals surface area (Å²) in [5.41, 5.74) is 1.21. The molecular weight excluding hydrogens is 294 g/mol. The highest BCUT2D eigenvalue weighted by Gasteiger charge is 2.17. The molecule has 1 aromatic carbocycles. The number of hydrogen-bond acceptors (Lipinski definition) is 5. The molecule has 8 heteroatoms. The molecule has 0 bridgehead atoms. The van der Waals surface area contributed by atoms with Gasteiger partial charge in [0.25, 0.3) is 5.69 Å². The lowest BCUT2D eigenvalue weighted by Crippen LogP contribution is -2.13. The van der Waals surface area contributed by atoms with Crippen LogP contribution < -0.4 is 5.32 Å². The zero-order valence-electron chi connectivity index (χ0n) is 11.6. The smallest absolute Gasteiger partial charge is 0.275 e. The summed E-state index contributed by atoms with van der Waals surface area (Å²) in [6, 6.07) is 4.62. The largest absolute Gasteiger partial charge is 0.311 e. The van der Waals surface area contributed by atoms with Crippen molar-refractivity contribution in [2.45, 2.75) is 26.4 Å². The molecule has 0 aliphatic carbocycles. The fourth-order valence-corrected chi connectivity index (χ4v) is 2.16. The molecule has 2 rings (SSSR count). The highest BCUT2D eigenvalue weighted by molar-refractivity contribution is 6.31. The van der Waals surface area contributed by atoms with Crippen LogP contribution in [0.15, 0.2) is 24.4 Å². The molecule has 7 nitrogen and oxygen atoms in total. The van der Waals surface area contributed by atoms with E-state index in [-0.39, 0.29) is 12.2 Å². The van der Waals surface area contributed by atoms with Gasteiger partial charge < -0.3 is 5.32 Å². The third-order valence-electron chi connectivity index (χ3n) is 2.93. The molecule has 1 N–H and O–H groups in total. The van der Waals surface area contributed by atoms with Crippen LogP contribution in [0, 0.1) is 10.1 Å². The van der Waals surface area contributed by atoms with E-state index in [4.69, 9.17) is 11.6 Å². The SMILES string of the molecule is CCCNCc1cn(Cc2c(Cl)cccc2[N+](=O)[O-])nn1. The maximum Gasteiger partial charge on any atom is 0.275 e. The number of rotatable bonds is 7. The number of hydrogen-bond donors (Lipinski definition) is 1. The van der Waals surface area contributed by atoms with Gasteiger partial charge in [0.2, 0.25) is 0 Å². The first-order valence-corrected chi connectivity index (χ1v) is 7.01. The van der Waals surface area contributed by atoms with Crippen molar-refractivity contribution in [2.75, 3.05) is 6.54 Å². The van der Waals surface area contributed by atoms with Gasteiger partial charge in [-0.3, -0.25) is 10.1 Å². The van der Waals surface area contributed by atoms with E-state index in [1.807, 2.05) is 0 Å². The first kappa shape index (κ1) is 15.4. The summed E-state index contributed by atoms with van der Waals surface area (Å²) in [5.74, 6) is 0. The van der Waals surface area contributed by atoms with Crippen LogP contribution in [0.2, 0.25) is 5.02 Å². The zero-order valence-corrected chi connectivity index (χ0v) is 12.4. The number of nitro benzene ring substituents is 1. The van der Waals surface area contributed by atoms with Gasteiger partial charge in [-0.1, -0.05) is 29.8 Å². The van der Waals surface area contributed by atoms with Gasteiger partial charge in [-0.25, -0.2) is 4.68 Å². The molecular formula is C13H16ClN5O2. The Labute approximate surface area is 127 Å². The second-order valence-corrected chi connectivity index (χ2v) is 4.99. The molecule has 0 fully saturated rings. The maximum atomic E-state index is 11.0. The van der Waals surface area contributed by atoms with Crippen LogP contribution in [-0.4, -0.2) is 26.5 Å². The van der Waals surface area contributed by atoms with E-state index >= 15 is 0 Å². The number of nitro groups is 1. The van der Waals surface area contributed by atoms with E-state index in [9.17, 15) is 10.1 Å². The van der Waals surface area contributed by atoms with Crippen molar-refractivity contribution in [3.63, 3.8) is 0 Å². The van der Waals surface area contributed by atoms with E-state index in [1.165, 1.54) is 6.07 Å². The summed E-state index contributed by atoms with van der Waals surface area (Å²) in [6.07, 6.45) is 2.80. The highest BCUT2D eigenvalue weighted by Crippen LogP contribution is 2.26. The van der Waals surface area contributed by atoms with Crippen molar-refractivity contribution in [3.8, 4) is 0 Å². The lowest BCUT2D eigenvalue weighted by Gasteiger charge is -2.04. The summed E-state index contributed by atoms with van der Waals surface area (Å²) in [7, 11) is 0. The van der Waals surface area contributed by atoms with Crippen LogP contribution in [-0.2, 0) is 13.1 Å². The average molecular weight is 310 g/mol. The molecule has 0 amide bonds. The van der Waals surface area contributed by atoms with Gasteiger partial charge in [-0.15, -0.1) is 5.10 Å². The molecule has 112 valence electrons. The molecule has 21 heavy (non-hydrogen) atoms. The Morgan fingerprint density at radius 3 is 3.00 bits per heavy atom. The number of halogens is 1. The normalized spacial score (nSPS) is 10.8. The van der Waals surface area contributed by atoms with E-state index in [0.29, 0.717) is 17.1 Å². The summed E-state index contributed by atoms with van der Waals surface area (Å²) >= 11 is 6.05. The summed E-state index contributed by atoms with van der Waals surface area (Å²) in [6.45, 7) is 3.83. The number of nitrogens with zero attached hydrogens (tertiary/aromatic N) is 4. The van der Waals surface area contributed by atoms with Crippen molar-refractivity contribution in [3.05, 3.63) is 50.8 Å². The minimum Gasteiger partial charge on any atom is -0.311 e. The molecule has 0 aliphatic rings. The molecule has 0 saturated carbocycles. The standard InChI is InChI=1S/C13H16ClN5O2/c1-2-6-15-7-10-8-18(17-16-10)9-11-12(14)4-3-5-13(11)19(20)21/h3-5,8,15H,2,6-7,9H2,1H3. The van der Waals surface area contributed by atoms with Gasteiger partial charge in [0.1, 0.15) is 0 Å². The molecule has 1 heterocycles. The van der Waals surface area contributed by atoms with Crippen molar-refractivity contribution in [1.82, 2.24) is 20.3 Å². The predicted octanol–water partition coefficient (Wildman–Crippen LogP) is 2.39. The van der Waals surface area contributed by atoms with E-state index < -0.39 is 4.92 Å². The Kier molecular flexibility index (Phi) is 5.24. The molecule has 0 radical (unpaired) electrons. The van der Waals surface area contributed by atoms with Gasteiger partial charge in [0, 0.05) is 12.6 Å². The Hall–Kier alpha value is -1.99. The summed E-state index contributed by atoms with van der Waals surface area (Å²) in [4.78, 5) is 10.6. The third kappa shape index (κ3) is 3.99. The van der Waals surface area contributed by atoms with Crippen molar-refractivity contribution < 1.29 is 4.92 Å². The third-order valence-corrected chi connectivity index (χ3v) is 3.28. The van der Waals surface area contributed by atoms with Crippen LogP contribution in [0.4, 0.5) is 5.69 Å². The van der Waals surface area contributed by atoms with Gasteiger partial charge in [-0.05, 0) is 19.0 Å². The predicted molar refractivity (Wildman–Crippen MR) is 79.2 cm³/mol. The van der Waals surface area contributed by atoms with Crippen LogP contribution in [0.1, 0.15) is 24.6 Å². The molecule has 0 aliphatic heterocycles. The second kappa shape index (κ2) is 7.14. The molecule has 2 aromatic rings. The minimum absolute atomic E-state index is 0.0105. The molecule has 0 atom stereocenters. The van der Waals surface area contributed by atoms with Crippen molar-refractivity contribution in [2.24, 2.45) is 0 Å². The van der Waals surface area contributed by atoms with E-state index in [1.54, 1.807) is 23.0 Å². The first-order valence-electron chi connectivity index (χ1n) is 6.63. The monoisotopic (exact) mass is 309 g/mol. The Bertz CT molecular complexity index is 629. The van der Waals surface area contributed by atoms with Crippen molar-refractivity contribution >= 4 is 17.3 Å². The Balaban J connectivity index is 2.13. The van der Waals surface area contributed by atoms with E-state index in [2.05, 4.69) is 22.6 Å². The molecule has 1 aromatic heterocycles. The fourth-order valence-electron chi connectivity index (χ4n) is 1.93. The number of benzene rings is 1. The minimum atomic E-state index is -0.443. The highest BCUT2D eigenvalue weighted by atomic mass is 35.5. The van der Waals surface area contributed by atoms with Crippen LogP contribution in [0.25, 0.3) is 0 Å². The Morgan fingerprint density at radius 1 is 1.48 bits per heavy atom. The summed E-state index contributed by atoms with van der Waals surface area (Å²) < 4.78 is 1.55. The second-order valence-electron chi connectivity index (χ2n) is 4.58. The fraction of sp³-hybridized carbons (Fsp3) is 0.385. The van der Waals surface area contributed by atoms with Crippen molar-refractivity contribution in [1.29, 1.82) is 0 Å². The molecule has 0 unspecified atom stereocenters.